The highest BCUT2D eigenvalue weighted by Crippen LogP contribution is 2.22. The molecule has 1 unspecified atom stereocenters. The molecule has 1 aliphatic rings. The van der Waals surface area contributed by atoms with Crippen molar-refractivity contribution in [3.63, 3.8) is 0 Å². The molecule has 112 valence electrons. The van der Waals surface area contributed by atoms with Gasteiger partial charge in [-0.3, -0.25) is 9.48 Å². The number of rotatable bonds is 6. The Hall–Kier alpha value is -0.720. The molecule has 0 saturated carbocycles. The number of ketones is 1. The normalized spacial score (nSPS) is 19.5. The number of aromatic nitrogens is 2. The van der Waals surface area contributed by atoms with Gasteiger partial charge in [0, 0.05) is 19.6 Å². The molecule has 1 aromatic heterocycles. The van der Waals surface area contributed by atoms with E-state index in [1.165, 1.54) is 0 Å². The molecule has 1 fully saturated rings. The van der Waals surface area contributed by atoms with Crippen molar-refractivity contribution in [2.24, 2.45) is 0 Å². The minimum absolute atomic E-state index is 0.0698. The van der Waals surface area contributed by atoms with Crippen LogP contribution in [-0.4, -0.2) is 53.8 Å². The average Bonchev–Trinajstić information content (AvgIpc) is 2.78. The van der Waals surface area contributed by atoms with E-state index in [4.69, 9.17) is 4.74 Å². The van der Waals surface area contributed by atoms with Gasteiger partial charge in [0.15, 0.2) is 5.78 Å². The molecule has 1 saturated heterocycles. The first-order chi connectivity index (χ1) is 9.58. The molecule has 2 heterocycles. The van der Waals surface area contributed by atoms with Gasteiger partial charge in [0.05, 0.1) is 23.3 Å². The summed E-state index contributed by atoms with van der Waals surface area (Å²) in [5.41, 5.74) is 0.668. The summed E-state index contributed by atoms with van der Waals surface area (Å²) in [6.07, 6.45) is 5.46. The van der Waals surface area contributed by atoms with Crippen LogP contribution in [-0.2, 0) is 11.3 Å². The summed E-state index contributed by atoms with van der Waals surface area (Å²) in [5, 5.41) is 4.28. The lowest BCUT2D eigenvalue weighted by Crippen LogP contribution is -2.25. The third-order valence-corrected chi connectivity index (χ3v) is 4.09. The maximum Gasteiger partial charge on any atom is 0.184 e. The number of likely N-dealkylation sites (N-methyl/N-ethyl adjacent to an activating group) is 1. The summed E-state index contributed by atoms with van der Waals surface area (Å²) in [4.78, 5) is 14.6. The van der Waals surface area contributed by atoms with Gasteiger partial charge in [0.25, 0.3) is 0 Å². The molecular formula is C14H22BrN3O2. The van der Waals surface area contributed by atoms with Crippen LogP contribution in [0.15, 0.2) is 10.7 Å². The fourth-order valence-electron chi connectivity index (χ4n) is 2.38. The van der Waals surface area contributed by atoms with Crippen LogP contribution in [0.3, 0.4) is 0 Å². The number of nitrogens with zero attached hydrogens (tertiary/aromatic N) is 3. The summed E-state index contributed by atoms with van der Waals surface area (Å²) in [6.45, 7) is 2.35. The third kappa shape index (κ3) is 4.14. The Kier molecular flexibility index (Phi) is 5.74. The third-order valence-electron chi connectivity index (χ3n) is 3.50. The number of hydrogen-bond donors (Lipinski definition) is 0. The minimum atomic E-state index is 0.0698. The molecule has 0 aliphatic carbocycles. The zero-order valence-corrected chi connectivity index (χ0v) is 13.7. The summed E-state index contributed by atoms with van der Waals surface area (Å²) in [7, 11) is 4.02. The smallest absolute Gasteiger partial charge is 0.184 e. The van der Waals surface area contributed by atoms with Crippen molar-refractivity contribution in [3.05, 3.63) is 16.4 Å². The van der Waals surface area contributed by atoms with Gasteiger partial charge < -0.3 is 9.64 Å². The Labute approximate surface area is 128 Å². The average molecular weight is 344 g/mol. The van der Waals surface area contributed by atoms with Gasteiger partial charge >= 0.3 is 0 Å². The topological polar surface area (TPSA) is 47.4 Å². The quantitative estimate of drug-likeness (QED) is 0.744. The Morgan fingerprint density at radius 2 is 2.35 bits per heavy atom. The Balaban J connectivity index is 2.02. The molecule has 1 aliphatic heterocycles. The van der Waals surface area contributed by atoms with E-state index < -0.39 is 0 Å². The molecule has 0 bridgehead atoms. The van der Waals surface area contributed by atoms with Gasteiger partial charge in [-0.25, -0.2) is 0 Å². The van der Waals surface area contributed by atoms with E-state index in [1.54, 1.807) is 10.9 Å². The number of carbonyl (C=O) groups is 1. The van der Waals surface area contributed by atoms with E-state index in [0.29, 0.717) is 18.7 Å². The fraction of sp³-hybridized carbons (Fsp3) is 0.714. The second-order valence-electron chi connectivity index (χ2n) is 5.48. The monoisotopic (exact) mass is 343 g/mol. The molecule has 1 aromatic rings. The van der Waals surface area contributed by atoms with Crippen molar-refractivity contribution in [3.8, 4) is 0 Å². The molecule has 0 spiro atoms. The summed E-state index contributed by atoms with van der Waals surface area (Å²) in [6, 6.07) is 0. The molecule has 0 N–H and O–H groups in total. The van der Waals surface area contributed by atoms with Gasteiger partial charge in [-0.15, -0.1) is 0 Å². The van der Waals surface area contributed by atoms with E-state index in [2.05, 4.69) is 25.9 Å². The zero-order valence-electron chi connectivity index (χ0n) is 12.1. The van der Waals surface area contributed by atoms with Crippen molar-refractivity contribution in [2.45, 2.75) is 38.3 Å². The Morgan fingerprint density at radius 1 is 1.55 bits per heavy atom. The molecule has 6 heteroatoms. The van der Waals surface area contributed by atoms with Crippen molar-refractivity contribution in [2.75, 3.05) is 27.2 Å². The van der Waals surface area contributed by atoms with E-state index in [1.807, 2.05) is 14.1 Å². The van der Waals surface area contributed by atoms with Crippen LogP contribution in [0.5, 0.6) is 0 Å². The van der Waals surface area contributed by atoms with Gasteiger partial charge in [-0.1, -0.05) is 0 Å². The van der Waals surface area contributed by atoms with Crippen LogP contribution >= 0.6 is 15.9 Å². The highest BCUT2D eigenvalue weighted by atomic mass is 79.9. The van der Waals surface area contributed by atoms with E-state index in [0.717, 1.165) is 36.9 Å². The molecular weight excluding hydrogens is 322 g/mol. The van der Waals surface area contributed by atoms with Crippen LogP contribution in [0.2, 0.25) is 0 Å². The molecule has 0 amide bonds. The fourth-order valence-corrected chi connectivity index (χ4v) is 2.89. The number of halogens is 1. The zero-order chi connectivity index (χ0) is 14.5. The molecule has 5 nitrogen and oxygen atoms in total. The Morgan fingerprint density at radius 3 is 3.00 bits per heavy atom. The summed E-state index contributed by atoms with van der Waals surface area (Å²) < 4.78 is 8.21. The standard InChI is InChI=1S/C14H22BrN3O2/c1-17(2)6-7-18-14(12(15)10-16-18)13(19)9-11-5-3-4-8-20-11/h10-11H,3-9H2,1-2H3. The van der Waals surface area contributed by atoms with E-state index >= 15 is 0 Å². The van der Waals surface area contributed by atoms with Gasteiger partial charge in [-0.05, 0) is 49.3 Å². The van der Waals surface area contributed by atoms with E-state index in [-0.39, 0.29) is 11.9 Å². The SMILES string of the molecule is CN(C)CCn1ncc(Br)c1C(=O)CC1CCCCO1. The lowest BCUT2D eigenvalue weighted by atomic mass is 10.0. The first-order valence-electron chi connectivity index (χ1n) is 7.08. The van der Waals surface area contributed by atoms with Crippen LogP contribution in [0.4, 0.5) is 0 Å². The van der Waals surface area contributed by atoms with Gasteiger partial charge in [0.1, 0.15) is 5.69 Å². The van der Waals surface area contributed by atoms with Crippen molar-refractivity contribution in [1.29, 1.82) is 0 Å². The predicted molar refractivity (Wildman–Crippen MR) is 81.0 cm³/mol. The number of Topliss-reactive ketones (excluding diaryl/α,β-unsaturated/α-hetero) is 1. The minimum Gasteiger partial charge on any atom is -0.378 e. The first-order valence-corrected chi connectivity index (χ1v) is 7.88. The Bertz CT molecular complexity index is 453. The largest absolute Gasteiger partial charge is 0.378 e. The maximum absolute atomic E-state index is 12.5. The van der Waals surface area contributed by atoms with Crippen molar-refractivity contribution in [1.82, 2.24) is 14.7 Å². The second kappa shape index (κ2) is 7.33. The molecule has 0 aromatic carbocycles. The maximum atomic E-state index is 12.5. The van der Waals surface area contributed by atoms with E-state index in [9.17, 15) is 4.79 Å². The molecule has 1 atom stereocenters. The van der Waals surface area contributed by atoms with Gasteiger partial charge in [-0.2, -0.15) is 5.10 Å². The molecule has 2 rings (SSSR count). The summed E-state index contributed by atoms with van der Waals surface area (Å²) in [5.74, 6) is 0.111. The second-order valence-corrected chi connectivity index (χ2v) is 6.34. The van der Waals surface area contributed by atoms with Gasteiger partial charge in [0.2, 0.25) is 0 Å². The lowest BCUT2D eigenvalue weighted by Gasteiger charge is -2.22. The van der Waals surface area contributed by atoms with Crippen LogP contribution < -0.4 is 0 Å². The number of ether oxygens (including phenoxy) is 1. The predicted octanol–water partition coefficient (Wildman–Crippen LogP) is 2.35. The molecule has 20 heavy (non-hydrogen) atoms. The van der Waals surface area contributed by atoms with Crippen LogP contribution in [0.1, 0.15) is 36.2 Å². The summed E-state index contributed by atoms with van der Waals surface area (Å²) >= 11 is 3.43. The first kappa shape index (κ1) is 15.7. The van der Waals surface area contributed by atoms with Crippen LogP contribution in [0, 0.1) is 0 Å². The van der Waals surface area contributed by atoms with Crippen LogP contribution in [0.25, 0.3) is 0 Å². The highest BCUT2D eigenvalue weighted by Gasteiger charge is 2.23. The van der Waals surface area contributed by atoms with Crippen molar-refractivity contribution >= 4 is 21.7 Å². The van der Waals surface area contributed by atoms with Crippen molar-refractivity contribution < 1.29 is 9.53 Å². The molecule has 0 radical (unpaired) electrons. The number of carbonyl (C=O) groups excluding carboxylic acids is 1. The number of hydrogen-bond acceptors (Lipinski definition) is 4. The highest BCUT2D eigenvalue weighted by molar-refractivity contribution is 9.10. The lowest BCUT2D eigenvalue weighted by molar-refractivity contribution is 0.0126.